The molecule has 0 aliphatic rings. The van der Waals surface area contributed by atoms with Crippen LogP contribution in [0.25, 0.3) is 0 Å². The standard InChI is InChI=1S/C10H11Br2NO2/c1-15-10(14)5-9(13)6-2-7(11)4-8(12)3-6/h2-4,9H,5,13H2,1H3/t9-/m1/s1. The average Bonchev–Trinajstić information content (AvgIpc) is 2.16. The van der Waals surface area contributed by atoms with E-state index in [-0.39, 0.29) is 18.4 Å². The number of rotatable bonds is 3. The summed E-state index contributed by atoms with van der Waals surface area (Å²) in [7, 11) is 1.35. The second-order valence-electron chi connectivity index (χ2n) is 3.09. The van der Waals surface area contributed by atoms with Crippen molar-refractivity contribution in [3.8, 4) is 0 Å². The van der Waals surface area contributed by atoms with Crippen LogP contribution in [0.2, 0.25) is 0 Å². The molecule has 0 saturated heterocycles. The zero-order chi connectivity index (χ0) is 11.4. The van der Waals surface area contributed by atoms with Crippen molar-refractivity contribution in [3.63, 3.8) is 0 Å². The lowest BCUT2D eigenvalue weighted by Gasteiger charge is -2.11. The first-order valence-corrected chi connectivity index (χ1v) is 5.90. The molecule has 0 aliphatic heterocycles. The van der Waals surface area contributed by atoms with Gasteiger partial charge in [-0.3, -0.25) is 4.79 Å². The Labute approximate surface area is 105 Å². The van der Waals surface area contributed by atoms with Gasteiger partial charge in [0, 0.05) is 15.0 Å². The van der Waals surface area contributed by atoms with Crippen molar-refractivity contribution in [1.82, 2.24) is 0 Å². The number of hydrogen-bond donors (Lipinski definition) is 1. The normalized spacial score (nSPS) is 12.3. The predicted octanol–water partition coefficient (Wildman–Crippen LogP) is 2.77. The molecule has 1 aromatic carbocycles. The van der Waals surface area contributed by atoms with Crippen molar-refractivity contribution >= 4 is 37.8 Å². The van der Waals surface area contributed by atoms with Crippen molar-refractivity contribution in [2.75, 3.05) is 7.11 Å². The summed E-state index contributed by atoms with van der Waals surface area (Å²) in [6, 6.07) is 5.34. The molecule has 0 aromatic heterocycles. The Kier molecular flexibility index (Phi) is 4.76. The van der Waals surface area contributed by atoms with Crippen LogP contribution in [0.5, 0.6) is 0 Å². The molecule has 1 rings (SSSR count). The third kappa shape index (κ3) is 3.93. The first-order valence-electron chi connectivity index (χ1n) is 4.31. The average molecular weight is 337 g/mol. The van der Waals surface area contributed by atoms with Crippen LogP contribution in [0.4, 0.5) is 0 Å². The van der Waals surface area contributed by atoms with Crippen LogP contribution in [0.3, 0.4) is 0 Å². The maximum atomic E-state index is 11.0. The van der Waals surface area contributed by atoms with Crippen molar-refractivity contribution in [2.45, 2.75) is 12.5 Å². The fourth-order valence-electron chi connectivity index (χ4n) is 1.17. The summed E-state index contributed by atoms with van der Waals surface area (Å²) < 4.78 is 6.41. The highest BCUT2D eigenvalue weighted by molar-refractivity contribution is 9.11. The minimum Gasteiger partial charge on any atom is -0.469 e. The number of ether oxygens (including phenoxy) is 1. The Morgan fingerprint density at radius 1 is 1.40 bits per heavy atom. The van der Waals surface area contributed by atoms with E-state index in [2.05, 4.69) is 36.6 Å². The van der Waals surface area contributed by atoms with Crippen molar-refractivity contribution in [2.24, 2.45) is 5.73 Å². The topological polar surface area (TPSA) is 52.3 Å². The molecule has 15 heavy (non-hydrogen) atoms. The third-order valence-corrected chi connectivity index (χ3v) is 2.84. The van der Waals surface area contributed by atoms with Crippen LogP contribution in [0.15, 0.2) is 27.1 Å². The van der Waals surface area contributed by atoms with Gasteiger partial charge in [-0.15, -0.1) is 0 Å². The van der Waals surface area contributed by atoms with Crippen LogP contribution in [0.1, 0.15) is 18.0 Å². The van der Waals surface area contributed by atoms with Gasteiger partial charge in [-0.1, -0.05) is 31.9 Å². The summed E-state index contributed by atoms with van der Waals surface area (Å²) in [5.41, 5.74) is 6.76. The SMILES string of the molecule is COC(=O)C[C@@H](N)c1cc(Br)cc(Br)c1. The first kappa shape index (κ1) is 12.7. The van der Waals surface area contributed by atoms with Crippen LogP contribution in [-0.2, 0) is 9.53 Å². The molecular formula is C10H11Br2NO2. The monoisotopic (exact) mass is 335 g/mol. The number of carbonyl (C=O) groups is 1. The molecule has 0 fully saturated rings. The molecule has 0 saturated carbocycles. The van der Waals surface area contributed by atoms with Gasteiger partial charge in [0.1, 0.15) is 0 Å². The largest absolute Gasteiger partial charge is 0.469 e. The Balaban J connectivity index is 2.81. The quantitative estimate of drug-likeness (QED) is 0.863. The van der Waals surface area contributed by atoms with Crippen LogP contribution >= 0.6 is 31.9 Å². The maximum Gasteiger partial charge on any atom is 0.307 e. The highest BCUT2D eigenvalue weighted by Crippen LogP contribution is 2.24. The Bertz CT molecular complexity index is 348. The molecule has 0 bridgehead atoms. The van der Waals surface area contributed by atoms with Crippen molar-refractivity contribution in [3.05, 3.63) is 32.7 Å². The lowest BCUT2D eigenvalue weighted by atomic mass is 10.1. The molecule has 0 amide bonds. The van der Waals surface area contributed by atoms with Gasteiger partial charge in [0.15, 0.2) is 0 Å². The first-order chi connectivity index (χ1) is 7.02. The molecule has 5 heteroatoms. The Morgan fingerprint density at radius 3 is 2.40 bits per heavy atom. The third-order valence-electron chi connectivity index (χ3n) is 1.93. The second kappa shape index (κ2) is 5.63. The van der Waals surface area contributed by atoms with Crippen LogP contribution < -0.4 is 5.73 Å². The van der Waals surface area contributed by atoms with E-state index in [9.17, 15) is 4.79 Å². The minimum absolute atomic E-state index is 0.180. The molecule has 0 aliphatic carbocycles. The van der Waals surface area contributed by atoms with Gasteiger partial charge in [0.05, 0.1) is 13.5 Å². The smallest absolute Gasteiger partial charge is 0.307 e. The maximum absolute atomic E-state index is 11.0. The van der Waals surface area contributed by atoms with Crippen molar-refractivity contribution < 1.29 is 9.53 Å². The molecule has 0 spiro atoms. The molecule has 0 heterocycles. The summed E-state index contributed by atoms with van der Waals surface area (Å²) in [5, 5.41) is 0. The lowest BCUT2D eigenvalue weighted by Crippen LogP contribution is -2.16. The lowest BCUT2D eigenvalue weighted by molar-refractivity contribution is -0.141. The number of methoxy groups -OCH3 is 1. The van der Waals surface area contributed by atoms with E-state index in [4.69, 9.17) is 5.73 Å². The zero-order valence-corrected chi connectivity index (χ0v) is 11.3. The van der Waals surface area contributed by atoms with Crippen LogP contribution in [0, 0.1) is 0 Å². The Hall–Kier alpha value is -0.390. The zero-order valence-electron chi connectivity index (χ0n) is 8.17. The van der Waals surface area contributed by atoms with Gasteiger partial charge < -0.3 is 10.5 Å². The van der Waals surface area contributed by atoms with Gasteiger partial charge in [-0.2, -0.15) is 0 Å². The van der Waals surface area contributed by atoms with E-state index in [1.54, 1.807) is 0 Å². The molecule has 82 valence electrons. The van der Waals surface area contributed by atoms with E-state index >= 15 is 0 Å². The van der Waals surface area contributed by atoms with Gasteiger partial charge in [-0.25, -0.2) is 0 Å². The van der Waals surface area contributed by atoms with Gasteiger partial charge in [0.25, 0.3) is 0 Å². The fourth-order valence-corrected chi connectivity index (χ4v) is 2.50. The van der Waals surface area contributed by atoms with Crippen LogP contribution in [-0.4, -0.2) is 13.1 Å². The van der Waals surface area contributed by atoms with E-state index in [1.807, 2.05) is 18.2 Å². The van der Waals surface area contributed by atoms with Crippen molar-refractivity contribution in [1.29, 1.82) is 0 Å². The second-order valence-corrected chi connectivity index (χ2v) is 4.92. The molecular weight excluding hydrogens is 326 g/mol. The predicted molar refractivity (Wildman–Crippen MR) is 65.4 cm³/mol. The number of benzene rings is 1. The Morgan fingerprint density at radius 2 is 1.93 bits per heavy atom. The number of nitrogens with two attached hydrogens (primary N) is 1. The molecule has 1 aromatic rings. The van der Waals surface area contributed by atoms with E-state index in [0.29, 0.717) is 0 Å². The van der Waals surface area contributed by atoms with Gasteiger partial charge >= 0.3 is 5.97 Å². The molecule has 3 nitrogen and oxygen atoms in total. The number of halogens is 2. The van der Waals surface area contributed by atoms with Gasteiger partial charge in [-0.05, 0) is 23.8 Å². The highest BCUT2D eigenvalue weighted by Gasteiger charge is 2.12. The number of carbonyl (C=O) groups excluding carboxylic acids is 1. The molecule has 1 atom stereocenters. The van der Waals surface area contributed by atoms with Gasteiger partial charge in [0.2, 0.25) is 0 Å². The molecule has 0 radical (unpaired) electrons. The fraction of sp³-hybridized carbons (Fsp3) is 0.300. The molecule has 2 N–H and O–H groups in total. The summed E-state index contributed by atoms with van der Waals surface area (Å²) >= 11 is 6.73. The summed E-state index contributed by atoms with van der Waals surface area (Å²) in [5.74, 6) is -0.307. The highest BCUT2D eigenvalue weighted by atomic mass is 79.9. The van der Waals surface area contributed by atoms with E-state index in [1.165, 1.54) is 7.11 Å². The van der Waals surface area contributed by atoms with E-state index < -0.39 is 0 Å². The van der Waals surface area contributed by atoms with E-state index in [0.717, 1.165) is 14.5 Å². The minimum atomic E-state index is -0.341. The summed E-state index contributed by atoms with van der Waals surface area (Å²) in [6.07, 6.45) is 0.180. The summed E-state index contributed by atoms with van der Waals surface area (Å²) in [6.45, 7) is 0. The molecule has 0 unspecified atom stereocenters. The summed E-state index contributed by atoms with van der Waals surface area (Å²) in [4.78, 5) is 11.0. The number of esters is 1. The number of hydrogen-bond acceptors (Lipinski definition) is 3.